The Hall–Kier alpha value is -3.45. The Labute approximate surface area is 167 Å². The van der Waals surface area contributed by atoms with E-state index < -0.39 is 5.91 Å². The van der Waals surface area contributed by atoms with Crippen molar-refractivity contribution in [1.29, 1.82) is 0 Å². The normalized spacial score (nSPS) is 13.8. The Morgan fingerprint density at radius 3 is 2.62 bits per heavy atom. The molecule has 1 saturated heterocycles. The van der Waals surface area contributed by atoms with E-state index in [2.05, 4.69) is 4.98 Å². The number of rotatable bonds is 5. The molecule has 0 aliphatic carbocycles. The average molecular weight is 391 g/mol. The third kappa shape index (κ3) is 3.90. The number of aryl methyl sites for hydroxylation is 1. The van der Waals surface area contributed by atoms with Crippen LogP contribution in [0.5, 0.6) is 5.75 Å². The van der Waals surface area contributed by atoms with Gasteiger partial charge in [-0.1, -0.05) is 18.2 Å². The molecule has 1 fully saturated rings. The van der Waals surface area contributed by atoms with Crippen LogP contribution >= 0.6 is 0 Å². The zero-order valence-corrected chi connectivity index (χ0v) is 16.0. The topological polar surface area (TPSA) is 91.8 Å². The van der Waals surface area contributed by atoms with Gasteiger partial charge in [0.2, 0.25) is 5.91 Å². The van der Waals surface area contributed by atoms with E-state index in [1.807, 2.05) is 37.3 Å². The van der Waals surface area contributed by atoms with E-state index in [-0.39, 0.29) is 11.8 Å². The minimum absolute atomic E-state index is 0.144. The van der Waals surface area contributed by atoms with Gasteiger partial charge in [0.05, 0.1) is 11.4 Å². The highest BCUT2D eigenvalue weighted by molar-refractivity contribution is 5.96. The molecule has 4 rings (SSSR count). The number of hydrogen-bond donors (Lipinski definition) is 2. The molecule has 2 heterocycles. The van der Waals surface area contributed by atoms with Crippen molar-refractivity contribution in [3.05, 3.63) is 71.4 Å². The zero-order chi connectivity index (χ0) is 20.4. The number of hydroxylamine groups is 1. The zero-order valence-electron chi connectivity index (χ0n) is 16.0. The number of hydrogen-bond acceptors (Lipinski definition) is 5. The first-order chi connectivity index (χ1) is 14.0. The third-order valence-corrected chi connectivity index (χ3v) is 5.08. The number of carbonyl (C=O) groups excluding carboxylic acids is 2. The van der Waals surface area contributed by atoms with Crippen LogP contribution in [-0.4, -0.2) is 40.0 Å². The number of likely N-dealkylation sites (tertiary alicyclic amines) is 1. The number of benzene rings is 2. The van der Waals surface area contributed by atoms with Crippen molar-refractivity contribution in [1.82, 2.24) is 15.4 Å². The molecule has 3 aromatic rings. The Morgan fingerprint density at radius 2 is 1.90 bits per heavy atom. The number of pyridine rings is 1. The van der Waals surface area contributed by atoms with E-state index in [1.165, 1.54) is 0 Å². The Bertz CT molecular complexity index is 1060. The predicted molar refractivity (Wildman–Crippen MR) is 107 cm³/mol. The fourth-order valence-corrected chi connectivity index (χ4v) is 3.45. The molecule has 1 aliphatic heterocycles. The summed E-state index contributed by atoms with van der Waals surface area (Å²) in [6.45, 7) is 2.97. The molecule has 7 heteroatoms. The van der Waals surface area contributed by atoms with Gasteiger partial charge in [0, 0.05) is 35.3 Å². The van der Waals surface area contributed by atoms with Gasteiger partial charge in [-0.2, -0.15) is 0 Å². The molecule has 148 valence electrons. The molecule has 29 heavy (non-hydrogen) atoms. The Kier molecular flexibility index (Phi) is 5.14. The molecular formula is C22H21N3O4. The first-order valence-electron chi connectivity index (χ1n) is 9.36. The van der Waals surface area contributed by atoms with Gasteiger partial charge in [0.15, 0.2) is 0 Å². The second-order valence-corrected chi connectivity index (χ2v) is 7.14. The maximum Gasteiger partial charge on any atom is 0.253 e. The van der Waals surface area contributed by atoms with Crippen LogP contribution in [0.15, 0.2) is 54.6 Å². The molecule has 1 aromatic heterocycles. The lowest BCUT2D eigenvalue weighted by Gasteiger charge is -2.37. The van der Waals surface area contributed by atoms with Crippen molar-refractivity contribution in [2.45, 2.75) is 13.5 Å². The first kappa shape index (κ1) is 18.9. The van der Waals surface area contributed by atoms with Crippen molar-refractivity contribution in [3.63, 3.8) is 0 Å². The van der Waals surface area contributed by atoms with E-state index in [1.54, 1.807) is 34.6 Å². The number of aromatic nitrogens is 1. The largest absolute Gasteiger partial charge is 0.489 e. The molecule has 0 radical (unpaired) electrons. The smallest absolute Gasteiger partial charge is 0.253 e. The lowest BCUT2D eigenvalue weighted by molar-refractivity contribution is -0.137. The molecule has 1 aliphatic rings. The fraction of sp³-hybridized carbons (Fsp3) is 0.227. The van der Waals surface area contributed by atoms with Gasteiger partial charge in [-0.15, -0.1) is 0 Å². The average Bonchev–Trinajstić information content (AvgIpc) is 2.70. The number of amides is 2. The molecule has 7 nitrogen and oxygen atoms in total. The Morgan fingerprint density at radius 1 is 1.17 bits per heavy atom. The fourth-order valence-electron chi connectivity index (χ4n) is 3.45. The molecule has 0 unspecified atom stereocenters. The van der Waals surface area contributed by atoms with Crippen molar-refractivity contribution < 1.29 is 19.5 Å². The summed E-state index contributed by atoms with van der Waals surface area (Å²) in [4.78, 5) is 29.9. The molecule has 0 saturated carbocycles. The van der Waals surface area contributed by atoms with Crippen molar-refractivity contribution in [2.75, 3.05) is 13.1 Å². The van der Waals surface area contributed by atoms with Crippen LogP contribution in [0, 0.1) is 12.8 Å². The van der Waals surface area contributed by atoms with E-state index in [4.69, 9.17) is 9.94 Å². The van der Waals surface area contributed by atoms with E-state index >= 15 is 0 Å². The molecule has 0 atom stereocenters. The number of carbonyl (C=O) groups is 2. The van der Waals surface area contributed by atoms with Crippen LogP contribution in [0.3, 0.4) is 0 Å². The lowest BCUT2D eigenvalue weighted by atomic mass is 9.98. The van der Waals surface area contributed by atoms with Crippen LogP contribution in [0.25, 0.3) is 10.9 Å². The van der Waals surface area contributed by atoms with Gasteiger partial charge in [0.1, 0.15) is 12.4 Å². The Balaban J connectivity index is 1.39. The summed E-state index contributed by atoms with van der Waals surface area (Å²) in [5.74, 6) is -0.294. The second-order valence-electron chi connectivity index (χ2n) is 7.14. The van der Waals surface area contributed by atoms with Crippen LogP contribution in [-0.2, 0) is 11.4 Å². The maximum absolute atomic E-state index is 12.4. The number of nitrogens with one attached hydrogen (secondary N) is 1. The summed E-state index contributed by atoms with van der Waals surface area (Å²) in [5, 5.41) is 9.69. The summed E-state index contributed by atoms with van der Waals surface area (Å²) < 4.78 is 5.92. The van der Waals surface area contributed by atoms with Crippen LogP contribution in [0.2, 0.25) is 0 Å². The molecule has 0 spiro atoms. The number of para-hydroxylation sites is 1. The summed E-state index contributed by atoms with van der Waals surface area (Å²) in [7, 11) is 0. The quantitative estimate of drug-likeness (QED) is 0.515. The minimum atomic E-state index is -0.461. The molecule has 2 N–H and O–H groups in total. The van der Waals surface area contributed by atoms with Gasteiger partial charge in [-0.3, -0.25) is 19.8 Å². The van der Waals surface area contributed by atoms with Crippen LogP contribution < -0.4 is 10.2 Å². The van der Waals surface area contributed by atoms with E-state index in [0.717, 1.165) is 22.2 Å². The van der Waals surface area contributed by atoms with Gasteiger partial charge in [0.25, 0.3) is 5.91 Å². The summed E-state index contributed by atoms with van der Waals surface area (Å²) >= 11 is 0. The first-order valence-corrected chi connectivity index (χ1v) is 9.36. The number of fused-ring (bicyclic) bond motifs is 1. The van der Waals surface area contributed by atoms with E-state index in [0.29, 0.717) is 31.0 Å². The number of nitrogens with zero attached hydrogens (tertiary/aromatic N) is 2. The van der Waals surface area contributed by atoms with Crippen molar-refractivity contribution in [2.24, 2.45) is 5.92 Å². The van der Waals surface area contributed by atoms with Gasteiger partial charge in [-0.05, 0) is 43.3 Å². The van der Waals surface area contributed by atoms with E-state index in [9.17, 15) is 9.59 Å². The van der Waals surface area contributed by atoms with Gasteiger partial charge >= 0.3 is 0 Å². The minimum Gasteiger partial charge on any atom is -0.489 e. The molecule has 2 amide bonds. The molecule has 2 aromatic carbocycles. The summed E-state index contributed by atoms with van der Waals surface area (Å²) in [5.41, 5.74) is 5.08. The standard InChI is InChI=1S/C22H21N3O4/c1-14-10-16(19-4-2-3-5-20(19)23-14)13-29-18-8-6-15(7-9-18)22(27)25-11-17(12-25)21(26)24-28/h2-10,17,28H,11-13H2,1H3,(H,24,26). The predicted octanol–water partition coefficient (Wildman–Crippen LogP) is 2.70. The summed E-state index contributed by atoms with van der Waals surface area (Å²) in [6.07, 6.45) is 0. The monoisotopic (exact) mass is 391 g/mol. The number of ether oxygens (including phenoxy) is 1. The highest BCUT2D eigenvalue weighted by atomic mass is 16.5. The molecule has 0 bridgehead atoms. The van der Waals surface area contributed by atoms with Crippen LogP contribution in [0.1, 0.15) is 21.6 Å². The third-order valence-electron chi connectivity index (χ3n) is 5.08. The lowest BCUT2D eigenvalue weighted by Crippen LogP contribution is -2.55. The maximum atomic E-state index is 12.4. The highest BCUT2D eigenvalue weighted by Gasteiger charge is 2.35. The van der Waals surface area contributed by atoms with Crippen LogP contribution in [0.4, 0.5) is 0 Å². The van der Waals surface area contributed by atoms with Crippen molar-refractivity contribution >= 4 is 22.7 Å². The van der Waals surface area contributed by atoms with Gasteiger partial charge in [-0.25, -0.2) is 5.48 Å². The second kappa shape index (κ2) is 7.89. The highest BCUT2D eigenvalue weighted by Crippen LogP contribution is 2.23. The van der Waals surface area contributed by atoms with Crippen molar-refractivity contribution in [3.8, 4) is 5.75 Å². The summed E-state index contributed by atoms with van der Waals surface area (Å²) in [6, 6.07) is 16.9. The SMILES string of the molecule is Cc1cc(COc2ccc(C(=O)N3CC(C(=O)NO)C3)cc2)c2ccccc2n1. The van der Waals surface area contributed by atoms with Gasteiger partial charge < -0.3 is 9.64 Å². The molecular weight excluding hydrogens is 370 g/mol.